The number of carbonyl (C=O) groups is 1. The van der Waals surface area contributed by atoms with Gasteiger partial charge < -0.3 is 24.1 Å². The first-order valence-electron chi connectivity index (χ1n) is 11.4. The minimum absolute atomic E-state index is 0.0937. The Morgan fingerprint density at radius 1 is 1.18 bits per heavy atom. The van der Waals surface area contributed by atoms with Crippen LogP contribution in [0.1, 0.15) is 54.9 Å². The molecule has 0 aliphatic carbocycles. The smallest absolute Gasteiger partial charge is 0.255 e. The van der Waals surface area contributed by atoms with E-state index in [-0.39, 0.29) is 24.2 Å². The van der Waals surface area contributed by atoms with E-state index in [0.717, 1.165) is 36.5 Å². The molecule has 1 saturated heterocycles. The Morgan fingerprint density at radius 3 is 2.67 bits per heavy atom. The second kappa shape index (κ2) is 9.98. The standard InChI is InChI=1S/C26H31N3O4/c1-17(2)32-25-15-21(9-12-27-25)29-13-10-23(16-29)33-22-7-5-20(6-8-22)18(3)28-26(30)24-11-14-31-19(24)4/h5-9,11-12,14-15,17-18,23H,10,13,16H2,1-4H3,(H,28,30)/t18-,23?/m0/s1. The molecule has 1 fully saturated rings. The molecule has 1 N–H and O–H groups in total. The molecule has 0 bridgehead atoms. The molecule has 2 atom stereocenters. The molecule has 7 heteroatoms. The van der Waals surface area contributed by atoms with Gasteiger partial charge in [0.2, 0.25) is 5.88 Å². The van der Waals surface area contributed by atoms with Crippen molar-refractivity contribution in [2.75, 3.05) is 18.0 Å². The zero-order valence-electron chi connectivity index (χ0n) is 19.6. The average Bonchev–Trinajstić information content (AvgIpc) is 3.43. The van der Waals surface area contributed by atoms with Gasteiger partial charge in [0.15, 0.2) is 0 Å². The van der Waals surface area contributed by atoms with Crippen LogP contribution in [-0.4, -0.2) is 36.2 Å². The normalized spacial score (nSPS) is 16.6. The van der Waals surface area contributed by atoms with E-state index in [1.165, 1.54) is 6.26 Å². The van der Waals surface area contributed by atoms with Crippen LogP contribution < -0.4 is 19.7 Å². The Kier molecular flexibility index (Phi) is 6.87. The molecule has 2 aromatic heterocycles. The van der Waals surface area contributed by atoms with Gasteiger partial charge in [-0.2, -0.15) is 0 Å². The van der Waals surface area contributed by atoms with Gasteiger partial charge in [0.1, 0.15) is 17.6 Å². The number of hydrogen-bond acceptors (Lipinski definition) is 6. The number of benzene rings is 1. The number of nitrogens with zero attached hydrogens (tertiary/aromatic N) is 2. The van der Waals surface area contributed by atoms with Crippen LogP contribution in [0.25, 0.3) is 0 Å². The second-order valence-corrected chi connectivity index (χ2v) is 8.65. The minimum atomic E-state index is -0.141. The van der Waals surface area contributed by atoms with Gasteiger partial charge in [-0.25, -0.2) is 4.98 Å². The number of pyridine rings is 1. The summed E-state index contributed by atoms with van der Waals surface area (Å²) < 4.78 is 17.2. The van der Waals surface area contributed by atoms with E-state index in [1.54, 1.807) is 19.2 Å². The summed E-state index contributed by atoms with van der Waals surface area (Å²) in [6.07, 6.45) is 4.46. The molecule has 0 saturated carbocycles. The van der Waals surface area contributed by atoms with Gasteiger partial charge in [0.05, 0.1) is 30.5 Å². The van der Waals surface area contributed by atoms with E-state index < -0.39 is 0 Å². The van der Waals surface area contributed by atoms with E-state index in [1.807, 2.05) is 57.2 Å². The number of rotatable bonds is 8. The second-order valence-electron chi connectivity index (χ2n) is 8.65. The maximum Gasteiger partial charge on any atom is 0.255 e. The lowest BCUT2D eigenvalue weighted by molar-refractivity contribution is 0.0938. The molecule has 1 aliphatic rings. The van der Waals surface area contributed by atoms with Crippen LogP contribution >= 0.6 is 0 Å². The molecular formula is C26H31N3O4. The number of aromatic nitrogens is 1. The number of ether oxygens (including phenoxy) is 2. The number of furan rings is 1. The molecule has 3 aromatic rings. The summed E-state index contributed by atoms with van der Waals surface area (Å²) in [5, 5.41) is 3.01. The molecule has 33 heavy (non-hydrogen) atoms. The van der Waals surface area contributed by atoms with Crippen molar-refractivity contribution in [3.63, 3.8) is 0 Å². The van der Waals surface area contributed by atoms with Crippen molar-refractivity contribution in [1.82, 2.24) is 10.3 Å². The summed E-state index contributed by atoms with van der Waals surface area (Å²) in [6, 6.07) is 13.5. The molecule has 0 radical (unpaired) electrons. The molecule has 4 rings (SSSR count). The fraction of sp³-hybridized carbons (Fsp3) is 0.385. The number of nitrogens with one attached hydrogen (secondary N) is 1. The van der Waals surface area contributed by atoms with Gasteiger partial charge in [-0.05, 0) is 57.5 Å². The fourth-order valence-corrected chi connectivity index (χ4v) is 3.97. The van der Waals surface area contributed by atoms with E-state index in [0.29, 0.717) is 17.2 Å². The monoisotopic (exact) mass is 449 g/mol. The predicted molar refractivity (Wildman–Crippen MR) is 127 cm³/mol. The zero-order chi connectivity index (χ0) is 23.4. The lowest BCUT2D eigenvalue weighted by Crippen LogP contribution is -2.26. The van der Waals surface area contributed by atoms with Gasteiger partial charge >= 0.3 is 0 Å². The molecule has 1 aliphatic heterocycles. The van der Waals surface area contributed by atoms with Crippen LogP contribution in [0.2, 0.25) is 0 Å². The number of hydrogen-bond donors (Lipinski definition) is 1. The fourth-order valence-electron chi connectivity index (χ4n) is 3.97. The maximum absolute atomic E-state index is 12.4. The SMILES string of the molecule is Cc1occc1C(=O)N[C@@H](C)c1ccc(OC2CCN(c3ccnc(OC(C)C)c3)C2)cc1. The van der Waals surface area contributed by atoms with E-state index in [4.69, 9.17) is 13.9 Å². The molecule has 1 unspecified atom stereocenters. The summed E-state index contributed by atoms with van der Waals surface area (Å²) in [7, 11) is 0. The first-order chi connectivity index (χ1) is 15.9. The van der Waals surface area contributed by atoms with Crippen molar-refractivity contribution in [2.24, 2.45) is 0 Å². The Labute approximate surface area is 194 Å². The summed E-state index contributed by atoms with van der Waals surface area (Å²) >= 11 is 0. The third kappa shape index (κ3) is 5.66. The quantitative estimate of drug-likeness (QED) is 0.526. The van der Waals surface area contributed by atoms with Gasteiger partial charge in [-0.3, -0.25) is 4.79 Å². The summed E-state index contributed by atoms with van der Waals surface area (Å²) in [5.74, 6) is 1.95. The lowest BCUT2D eigenvalue weighted by atomic mass is 10.1. The molecule has 1 aromatic carbocycles. The Bertz CT molecular complexity index is 1080. The topological polar surface area (TPSA) is 76.8 Å². The van der Waals surface area contributed by atoms with Crippen molar-refractivity contribution >= 4 is 11.6 Å². The van der Waals surface area contributed by atoms with Crippen molar-refractivity contribution < 1.29 is 18.7 Å². The summed E-state index contributed by atoms with van der Waals surface area (Å²) in [4.78, 5) is 19.0. The summed E-state index contributed by atoms with van der Waals surface area (Å²) in [5.41, 5.74) is 2.67. The maximum atomic E-state index is 12.4. The zero-order valence-corrected chi connectivity index (χ0v) is 19.6. The van der Waals surface area contributed by atoms with Crippen molar-refractivity contribution in [2.45, 2.75) is 52.4 Å². The van der Waals surface area contributed by atoms with Gasteiger partial charge in [-0.1, -0.05) is 12.1 Å². The largest absolute Gasteiger partial charge is 0.489 e. The van der Waals surface area contributed by atoms with Crippen LogP contribution in [0.3, 0.4) is 0 Å². The van der Waals surface area contributed by atoms with Gasteiger partial charge in [0, 0.05) is 30.9 Å². The first-order valence-corrected chi connectivity index (χ1v) is 11.4. The van der Waals surface area contributed by atoms with Crippen LogP contribution in [0, 0.1) is 6.92 Å². The third-order valence-electron chi connectivity index (χ3n) is 5.72. The third-order valence-corrected chi connectivity index (χ3v) is 5.72. The molecule has 1 amide bonds. The molecule has 0 spiro atoms. The molecular weight excluding hydrogens is 418 g/mol. The highest BCUT2D eigenvalue weighted by Crippen LogP contribution is 2.26. The highest BCUT2D eigenvalue weighted by atomic mass is 16.5. The van der Waals surface area contributed by atoms with E-state index >= 15 is 0 Å². The van der Waals surface area contributed by atoms with Crippen LogP contribution in [0.4, 0.5) is 5.69 Å². The lowest BCUT2D eigenvalue weighted by Gasteiger charge is -2.20. The van der Waals surface area contributed by atoms with Crippen molar-refractivity contribution in [3.05, 3.63) is 71.8 Å². The summed E-state index contributed by atoms with van der Waals surface area (Å²) in [6.45, 7) is 9.46. The number of aryl methyl sites for hydroxylation is 1. The molecule has 174 valence electrons. The molecule has 7 nitrogen and oxygen atoms in total. The van der Waals surface area contributed by atoms with Crippen molar-refractivity contribution in [1.29, 1.82) is 0 Å². The Hall–Kier alpha value is -3.48. The van der Waals surface area contributed by atoms with Gasteiger partial charge in [-0.15, -0.1) is 0 Å². The minimum Gasteiger partial charge on any atom is -0.489 e. The predicted octanol–water partition coefficient (Wildman–Crippen LogP) is 4.92. The number of anilines is 1. The van der Waals surface area contributed by atoms with E-state index in [9.17, 15) is 4.79 Å². The highest BCUT2D eigenvalue weighted by molar-refractivity contribution is 5.95. The van der Waals surface area contributed by atoms with Crippen LogP contribution in [0.5, 0.6) is 11.6 Å². The van der Waals surface area contributed by atoms with Crippen molar-refractivity contribution in [3.8, 4) is 11.6 Å². The van der Waals surface area contributed by atoms with E-state index in [2.05, 4.69) is 15.2 Å². The molecule has 3 heterocycles. The average molecular weight is 450 g/mol. The van der Waals surface area contributed by atoms with Crippen LogP contribution in [-0.2, 0) is 0 Å². The Morgan fingerprint density at radius 2 is 1.97 bits per heavy atom. The van der Waals surface area contributed by atoms with Gasteiger partial charge in [0.25, 0.3) is 5.91 Å². The van der Waals surface area contributed by atoms with Crippen LogP contribution in [0.15, 0.2) is 59.3 Å². The Balaban J connectivity index is 1.31. The number of carbonyl (C=O) groups excluding carboxylic acids is 1. The first kappa shape index (κ1) is 22.7. The highest BCUT2D eigenvalue weighted by Gasteiger charge is 2.25. The number of amides is 1.